The van der Waals surface area contributed by atoms with E-state index in [2.05, 4.69) is 32.6 Å². The highest BCUT2D eigenvalue weighted by Gasteiger charge is 2.21. The number of hydrogen-bond acceptors (Lipinski definition) is 4. The van der Waals surface area contributed by atoms with E-state index in [0.29, 0.717) is 11.6 Å². The average molecular weight is 348 g/mol. The first-order valence-electron chi connectivity index (χ1n) is 8.75. The molecule has 3 aromatic rings. The Bertz CT molecular complexity index is 892. The Morgan fingerprint density at radius 3 is 3.04 bits per heavy atom. The number of ether oxygens (including phenoxy) is 1. The number of aromatic nitrogens is 3. The van der Waals surface area contributed by atoms with Crippen LogP contribution in [0.15, 0.2) is 54.9 Å². The lowest BCUT2D eigenvalue weighted by Crippen LogP contribution is -2.34. The van der Waals surface area contributed by atoms with Gasteiger partial charge in [-0.05, 0) is 42.5 Å². The summed E-state index contributed by atoms with van der Waals surface area (Å²) < 4.78 is 5.66. The zero-order chi connectivity index (χ0) is 17.8. The van der Waals surface area contributed by atoms with Gasteiger partial charge < -0.3 is 10.1 Å². The van der Waals surface area contributed by atoms with Crippen LogP contribution in [0, 0.1) is 0 Å². The second kappa shape index (κ2) is 7.39. The van der Waals surface area contributed by atoms with E-state index >= 15 is 0 Å². The Kier molecular flexibility index (Phi) is 4.64. The van der Waals surface area contributed by atoms with Gasteiger partial charge in [0.1, 0.15) is 12.1 Å². The first-order valence-corrected chi connectivity index (χ1v) is 8.75. The van der Waals surface area contributed by atoms with E-state index in [1.165, 1.54) is 17.5 Å². The molecule has 0 bridgehead atoms. The minimum absolute atomic E-state index is 0.0154. The van der Waals surface area contributed by atoms with E-state index in [1.807, 2.05) is 36.4 Å². The molecule has 1 aliphatic rings. The van der Waals surface area contributed by atoms with E-state index in [1.54, 1.807) is 0 Å². The number of aromatic amines is 1. The molecule has 4 rings (SSSR count). The van der Waals surface area contributed by atoms with Crippen LogP contribution in [0.25, 0.3) is 11.4 Å². The number of benzene rings is 2. The normalized spacial score (nSPS) is 15.9. The first kappa shape index (κ1) is 16.3. The minimum atomic E-state index is -0.114. The van der Waals surface area contributed by atoms with Gasteiger partial charge in [-0.2, -0.15) is 5.10 Å². The summed E-state index contributed by atoms with van der Waals surface area (Å²) >= 11 is 0. The quantitative estimate of drug-likeness (QED) is 0.743. The summed E-state index contributed by atoms with van der Waals surface area (Å²) in [5, 5.41) is 9.75. The van der Waals surface area contributed by atoms with Crippen LogP contribution < -0.4 is 10.1 Å². The molecule has 26 heavy (non-hydrogen) atoms. The number of fused-ring (bicyclic) bond motifs is 1. The van der Waals surface area contributed by atoms with Crippen molar-refractivity contribution in [1.29, 1.82) is 0 Å². The number of carbonyl (C=O) groups excluding carboxylic acids is 1. The van der Waals surface area contributed by atoms with Gasteiger partial charge in [0.2, 0.25) is 0 Å². The number of nitrogens with one attached hydrogen (secondary N) is 2. The summed E-state index contributed by atoms with van der Waals surface area (Å²) in [6.07, 6.45) is 4.58. The van der Waals surface area contributed by atoms with Gasteiger partial charge >= 0.3 is 0 Å². The molecular weight excluding hydrogens is 328 g/mol. The fourth-order valence-corrected chi connectivity index (χ4v) is 3.37. The topological polar surface area (TPSA) is 79.9 Å². The number of hydrogen-bond donors (Lipinski definition) is 2. The molecular formula is C20H20N4O2. The van der Waals surface area contributed by atoms with Gasteiger partial charge in [0.15, 0.2) is 12.4 Å². The van der Waals surface area contributed by atoms with Gasteiger partial charge in [0, 0.05) is 5.56 Å². The number of H-pyrrole nitrogens is 1. The van der Waals surface area contributed by atoms with E-state index in [0.717, 1.165) is 24.8 Å². The van der Waals surface area contributed by atoms with Crippen molar-refractivity contribution >= 4 is 5.91 Å². The predicted octanol–water partition coefficient (Wildman–Crippen LogP) is 3.04. The van der Waals surface area contributed by atoms with Gasteiger partial charge in [-0.3, -0.25) is 9.89 Å². The third-order valence-corrected chi connectivity index (χ3v) is 4.60. The second-order valence-electron chi connectivity index (χ2n) is 6.36. The van der Waals surface area contributed by atoms with Crippen molar-refractivity contribution in [3.05, 3.63) is 66.0 Å². The van der Waals surface area contributed by atoms with Crippen LogP contribution in [0.4, 0.5) is 0 Å². The van der Waals surface area contributed by atoms with Crippen molar-refractivity contribution in [2.75, 3.05) is 6.61 Å². The smallest absolute Gasteiger partial charge is 0.258 e. The molecule has 132 valence electrons. The number of rotatable bonds is 5. The highest BCUT2D eigenvalue weighted by Crippen LogP contribution is 2.29. The Labute approximate surface area is 151 Å². The number of amides is 1. The molecule has 1 atom stereocenters. The Morgan fingerprint density at radius 1 is 1.23 bits per heavy atom. The van der Waals surface area contributed by atoms with Crippen molar-refractivity contribution in [3.8, 4) is 17.1 Å². The fourth-order valence-electron chi connectivity index (χ4n) is 3.37. The second-order valence-corrected chi connectivity index (χ2v) is 6.36. The molecule has 1 aliphatic carbocycles. The molecule has 0 radical (unpaired) electrons. The molecule has 1 heterocycles. The summed E-state index contributed by atoms with van der Waals surface area (Å²) in [6, 6.07) is 15.8. The fraction of sp³-hybridized carbons (Fsp3) is 0.250. The number of carbonyl (C=O) groups is 1. The van der Waals surface area contributed by atoms with Crippen LogP contribution in [0.3, 0.4) is 0 Å². The Morgan fingerprint density at radius 2 is 2.15 bits per heavy atom. The monoisotopic (exact) mass is 348 g/mol. The van der Waals surface area contributed by atoms with Crippen molar-refractivity contribution in [3.63, 3.8) is 0 Å². The molecule has 6 nitrogen and oxygen atoms in total. The molecule has 0 fully saturated rings. The lowest BCUT2D eigenvalue weighted by molar-refractivity contribution is -0.123. The Balaban J connectivity index is 1.37. The van der Waals surface area contributed by atoms with Crippen molar-refractivity contribution in [2.45, 2.75) is 25.3 Å². The summed E-state index contributed by atoms with van der Waals surface area (Å²) in [4.78, 5) is 16.5. The molecule has 0 aliphatic heterocycles. The molecule has 0 spiro atoms. The molecule has 1 unspecified atom stereocenters. The summed E-state index contributed by atoms with van der Waals surface area (Å²) in [7, 11) is 0. The van der Waals surface area contributed by atoms with E-state index in [9.17, 15) is 4.79 Å². The highest BCUT2D eigenvalue weighted by atomic mass is 16.5. The van der Waals surface area contributed by atoms with Crippen LogP contribution in [-0.4, -0.2) is 27.7 Å². The van der Waals surface area contributed by atoms with Crippen LogP contribution >= 0.6 is 0 Å². The number of nitrogens with zero attached hydrogens (tertiary/aromatic N) is 2. The van der Waals surface area contributed by atoms with E-state index in [4.69, 9.17) is 4.74 Å². The first-order chi connectivity index (χ1) is 12.8. The van der Waals surface area contributed by atoms with Gasteiger partial charge in [-0.15, -0.1) is 0 Å². The van der Waals surface area contributed by atoms with Crippen molar-refractivity contribution in [1.82, 2.24) is 20.5 Å². The maximum atomic E-state index is 12.3. The SMILES string of the molecule is O=C(COc1cccc(-c2ncn[nH]2)c1)NC1CCCc2ccccc21. The van der Waals surface area contributed by atoms with E-state index < -0.39 is 0 Å². The van der Waals surface area contributed by atoms with Crippen molar-refractivity contribution in [2.24, 2.45) is 0 Å². The zero-order valence-electron chi connectivity index (χ0n) is 14.3. The standard InChI is InChI=1S/C20H20N4O2/c25-19(23-18-10-4-6-14-5-1-2-9-17(14)18)12-26-16-8-3-7-15(11-16)20-21-13-22-24-20/h1-3,5,7-9,11,13,18H,4,6,10,12H2,(H,23,25)(H,21,22,24). The maximum Gasteiger partial charge on any atom is 0.258 e. The molecule has 0 saturated carbocycles. The van der Waals surface area contributed by atoms with Gasteiger partial charge in [0.05, 0.1) is 6.04 Å². The highest BCUT2D eigenvalue weighted by molar-refractivity contribution is 5.78. The predicted molar refractivity (Wildman–Crippen MR) is 97.6 cm³/mol. The summed E-state index contributed by atoms with van der Waals surface area (Å²) in [5.74, 6) is 1.17. The van der Waals surface area contributed by atoms with Gasteiger partial charge in [0.25, 0.3) is 5.91 Å². The molecule has 6 heteroatoms. The molecule has 1 aromatic heterocycles. The lowest BCUT2D eigenvalue weighted by Gasteiger charge is -2.26. The Hall–Kier alpha value is -3.15. The van der Waals surface area contributed by atoms with Gasteiger partial charge in [-0.1, -0.05) is 36.4 Å². The van der Waals surface area contributed by atoms with Crippen molar-refractivity contribution < 1.29 is 9.53 Å². The summed E-state index contributed by atoms with van der Waals surface area (Å²) in [5.41, 5.74) is 3.41. The average Bonchev–Trinajstić information content (AvgIpc) is 3.22. The zero-order valence-corrected chi connectivity index (χ0v) is 14.3. The minimum Gasteiger partial charge on any atom is -0.484 e. The molecule has 2 aromatic carbocycles. The molecule has 1 amide bonds. The van der Waals surface area contributed by atoms with Crippen LogP contribution in [0.2, 0.25) is 0 Å². The summed E-state index contributed by atoms with van der Waals surface area (Å²) in [6.45, 7) is -0.0154. The lowest BCUT2D eigenvalue weighted by atomic mass is 9.88. The third kappa shape index (κ3) is 3.59. The molecule has 2 N–H and O–H groups in total. The van der Waals surface area contributed by atoms with Crippen LogP contribution in [0.5, 0.6) is 5.75 Å². The maximum absolute atomic E-state index is 12.3. The van der Waals surface area contributed by atoms with Crippen LogP contribution in [0.1, 0.15) is 30.0 Å². The van der Waals surface area contributed by atoms with E-state index in [-0.39, 0.29) is 18.6 Å². The number of aryl methyl sites for hydroxylation is 1. The largest absolute Gasteiger partial charge is 0.484 e. The van der Waals surface area contributed by atoms with Gasteiger partial charge in [-0.25, -0.2) is 4.98 Å². The molecule has 0 saturated heterocycles. The third-order valence-electron chi connectivity index (χ3n) is 4.60. The van der Waals surface area contributed by atoms with Crippen LogP contribution in [-0.2, 0) is 11.2 Å².